The van der Waals surface area contributed by atoms with E-state index >= 15 is 0 Å². The molecule has 106 valence electrons. The van der Waals surface area contributed by atoms with E-state index in [1.165, 1.54) is 24.3 Å². The predicted octanol–water partition coefficient (Wildman–Crippen LogP) is 4.01. The van der Waals surface area contributed by atoms with Crippen molar-refractivity contribution in [2.75, 3.05) is 5.73 Å². The van der Waals surface area contributed by atoms with E-state index in [9.17, 15) is 13.2 Å². The Morgan fingerprint density at radius 1 is 0.905 bits per heavy atom. The van der Waals surface area contributed by atoms with Gasteiger partial charge in [-0.1, -0.05) is 23.4 Å². The molecule has 0 fully saturated rings. The maximum atomic E-state index is 13.9. The number of hydrogen-bond acceptors (Lipinski definition) is 3. The van der Waals surface area contributed by atoms with Crippen molar-refractivity contribution in [2.24, 2.45) is 0 Å². The lowest BCUT2D eigenvalue weighted by Gasteiger charge is -2.05. The molecule has 0 spiro atoms. The van der Waals surface area contributed by atoms with Gasteiger partial charge < -0.3 is 10.3 Å². The number of halogens is 3. The largest absolute Gasteiger partial charge is 0.380 e. The second-order valence-electron chi connectivity index (χ2n) is 4.38. The molecule has 0 atom stereocenters. The zero-order valence-electron chi connectivity index (χ0n) is 10.6. The van der Waals surface area contributed by atoms with Gasteiger partial charge in [0.2, 0.25) is 0 Å². The maximum absolute atomic E-state index is 13.9. The molecular weight excluding hydrogens is 281 g/mol. The lowest BCUT2D eigenvalue weighted by molar-refractivity contribution is 0.430. The van der Waals surface area contributed by atoms with Crippen LogP contribution in [0.4, 0.5) is 19.0 Å². The van der Waals surface area contributed by atoms with Crippen LogP contribution >= 0.6 is 0 Å². The average molecular weight is 290 g/mol. The number of nitrogen functional groups attached to an aromatic ring is 1. The van der Waals surface area contributed by atoms with E-state index in [0.717, 1.165) is 12.1 Å². The number of rotatable bonds is 2. The Morgan fingerprint density at radius 2 is 1.57 bits per heavy atom. The maximum Gasteiger partial charge on any atom is 0.182 e. The highest BCUT2D eigenvalue weighted by atomic mass is 19.1. The summed E-state index contributed by atoms with van der Waals surface area (Å²) in [6.45, 7) is 0. The number of nitrogens with two attached hydrogens (primary N) is 1. The zero-order valence-corrected chi connectivity index (χ0v) is 10.6. The van der Waals surface area contributed by atoms with Crippen molar-refractivity contribution in [3.05, 3.63) is 59.9 Å². The molecule has 1 aromatic heterocycles. The molecule has 1 heterocycles. The minimum absolute atomic E-state index is 0.0711. The molecule has 3 aromatic rings. The third-order valence-corrected chi connectivity index (χ3v) is 3.02. The highest BCUT2D eigenvalue weighted by molar-refractivity contribution is 5.86. The van der Waals surface area contributed by atoms with E-state index < -0.39 is 17.5 Å². The monoisotopic (exact) mass is 290 g/mol. The van der Waals surface area contributed by atoms with Gasteiger partial charge in [-0.3, -0.25) is 0 Å². The molecule has 3 rings (SSSR count). The van der Waals surface area contributed by atoms with Gasteiger partial charge in [0.25, 0.3) is 0 Å². The summed E-state index contributed by atoms with van der Waals surface area (Å²) in [5, 5.41) is 3.53. The third-order valence-electron chi connectivity index (χ3n) is 3.02. The van der Waals surface area contributed by atoms with Crippen LogP contribution in [-0.4, -0.2) is 5.16 Å². The first-order valence-electron chi connectivity index (χ1n) is 6.03. The first-order chi connectivity index (χ1) is 10.1. The number of hydrogen-bond donors (Lipinski definition) is 1. The third kappa shape index (κ3) is 2.24. The number of nitrogens with zero attached hydrogens (tertiary/aromatic N) is 1. The van der Waals surface area contributed by atoms with Crippen molar-refractivity contribution in [2.45, 2.75) is 0 Å². The Labute approximate surface area is 117 Å². The fourth-order valence-electron chi connectivity index (χ4n) is 2.11. The average Bonchev–Trinajstić information content (AvgIpc) is 2.80. The van der Waals surface area contributed by atoms with Crippen molar-refractivity contribution in [1.82, 2.24) is 5.16 Å². The molecule has 0 aliphatic heterocycles. The molecule has 0 bridgehead atoms. The first-order valence-corrected chi connectivity index (χ1v) is 6.03. The summed E-state index contributed by atoms with van der Waals surface area (Å²) in [7, 11) is 0. The Hall–Kier alpha value is -2.76. The summed E-state index contributed by atoms with van der Waals surface area (Å²) < 4.78 is 46.1. The molecule has 0 radical (unpaired) electrons. The van der Waals surface area contributed by atoms with Crippen molar-refractivity contribution < 1.29 is 17.7 Å². The van der Waals surface area contributed by atoms with Crippen molar-refractivity contribution in [3.63, 3.8) is 0 Å². The summed E-state index contributed by atoms with van der Waals surface area (Å²) >= 11 is 0. The van der Waals surface area contributed by atoms with Gasteiger partial charge in [0.05, 0.1) is 11.1 Å². The molecule has 2 N–H and O–H groups in total. The Morgan fingerprint density at radius 3 is 2.24 bits per heavy atom. The second kappa shape index (κ2) is 4.97. The predicted molar refractivity (Wildman–Crippen MR) is 71.7 cm³/mol. The normalized spacial score (nSPS) is 10.8. The van der Waals surface area contributed by atoms with E-state index in [4.69, 9.17) is 10.3 Å². The quantitative estimate of drug-likeness (QED) is 0.776. The van der Waals surface area contributed by atoms with Gasteiger partial charge in [-0.25, -0.2) is 13.2 Å². The lowest BCUT2D eigenvalue weighted by atomic mass is 10.0. The molecule has 0 saturated heterocycles. The molecule has 0 aliphatic carbocycles. The topological polar surface area (TPSA) is 52.0 Å². The molecule has 21 heavy (non-hydrogen) atoms. The van der Waals surface area contributed by atoms with Gasteiger partial charge in [-0.2, -0.15) is 0 Å². The van der Waals surface area contributed by atoms with Gasteiger partial charge in [-0.05, 0) is 29.8 Å². The minimum atomic E-state index is -0.816. The summed E-state index contributed by atoms with van der Waals surface area (Å²) in [4.78, 5) is 0. The molecular formula is C15H9F3N2O. The van der Waals surface area contributed by atoms with Crippen LogP contribution in [0.15, 0.2) is 47.0 Å². The fraction of sp³-hybridized carbons (Fsp3) is 0. The summed E-state index contributed by atoms with van der Waals surface area (Å²) in [5.74, 6) is -2.38. The van der Waals surface area contributed by atoms with Crippen molar-refractivity contribution in [3.8, 4) is 22.5 Å². The van der Waals surface area contributed by atoms with Crippen LogP contribution in [0.3, 0.4) is 0 Å². The Bertz CT molecular complexity index is 794. The summed E-state index contributed by atoms with van der Waals surface area (Å²) in [5.41, 5.74) is 5.78. The van der Waals surface area contributed by atoms with Gasteiger partial charge in [-0.15, -0.1) is 0 Å². The molecule has 2 aromatic carbocycles. The van der Waals surface area contributed by atoms with E-state index in [-0.39, 0.29) is 22.7 Å². The lowest BCUT2D eigenvalue weighted by Crippen LogP contribution is -1.93. The summed E-state index contributed by atoms with van der Waals surface area (Å²) in [6, 6.07) is 8.85. The molecule has 3 nitrogen and oxygen atoms in total. The van der Waals surface area contributed by atoms with Gasteiger partial charge in [0.15, 0.2) is 11.6 Å². The van der Waals surface area contributed by atoms with Crippen molar-refractivity contribution in [1.29, 1.82) is 0 Å². The van der Waals surface area contributed by atoms with E-state index in [1.54, 1.807) is 6.07 Å². The standard InChI is InChI=1S/C15H9F3N2O/c16-9-4-1-3-8(7-9)12-14(21-20-15(12)19)13-10(17)5-2-6-11(13)18/h1-7H,(H2,19,20). The fourth-order valence-corrected chi connectivity index (χ4v) is 2.11. The number of anilines is 1. The zero-order chi connectivity index (χ0) is 15.0. The minimum Gasteiger partial charge on any atom is -0.380 e. The highest BCUT2D eigenvalue weighted by Crippen LogP contribution is 2.38. The molecule has 0 amide bonds. The highest BCUT2D eigenvalue weighted by Gasteiger charge is 2.23. The molecule has 0 aliphatic rings. The van der Waals surface area contributed by atoms with E-state index in [0.29, 0.717) is 5.56 Å². The second-order valence-corrected chi connectivity index (χ2v) is 4.38. The molecule has 0 unspecified atom stereocenters. The van der Waals surface area contributed by atoms with Crippen molar-refractivity contribution >= 4 is 5.82 Å². The van der Waals surface area contributed by atoms with Gasteiger partial charge >= 0.3 is 0 Å². The van der Waals surface area contributed by atoms with Crippen LogP contribution in [0.25, 0.3) is 22.5 Å². The molecule has 6 heteroatoms. The Balaban J connectivity index is 2.27. The van der Waals surface area contributed by atoms with Crippen LogP contribution in [0, 0.1) is 17.5 Å². The van der Waals surface area contributed by atoms with Crippen LogP contribution in [0.1, 0.15) is 0 Å². The van der Waals surface area contributed by atoms with Crippen LogP contribution in [0.2, 0.25) is 0 Å². The van der Waals surface area contributed by atoms with Crippen LogP contribution < -0.4 is 5.73 Å². The summed E-state index contributed by atoms with van der Waals surface area (Å²) in [6.07, 6.45) is 0. The van der Waals surface area contributed by atoms with Gasteiger partial charge in [0.1, 0.15) is 17.5 Å². The number of benzene rings is 2. The smallest absolute Gasteiger partial charge is 0.182 e. The SMILES string of the molecule is Nc1noc(-c2c(F)cccc2F)c1-c1cccc(F)c1. The first kappa shape index (κ1) is 13.2. The number of aromatic nitrogens is 1. The van der Waals surface area contributed by atoms with Gasteiger partial charge in [0, 0.05) is 0 Å². The van der Waals surface area contributed by atoms with E-state index in [1.807, 2.05) is 0 Å². The van der Waals surface area contributed by atoms with Crippen LogP contribution in [0.5, 0.6) is 0 Å². The Kier molecular flexibility index (Phi) is 3.13. The molecule has 0 saturated carbocycles. The van der Waals surface area contributed by atoms with E-state index in [2.05, 4.69) is 5.16 Å². The van der Waals surface area contributed by atoms with Crippen LogP contribution in [-0.2, 0) is 0 Å².